The number of hydrogen-bond donors (Lipinski definition) is 2. The third-order valence-electron chi connectivity index (χ3n) is 5.74. The first-order valence-electron chi connectivity index (χ1n) is 10.0. The zero-order valence-corrected chi connectivity index (χ0v) is 17.7. The van der Waals surface area contributed by atoms with Gasteiger partial charge in [0, 0.05) is 16.7 Å². The van der Waals surface area contributed by atoms with Crippen LogP contribution in [-0.4, -0.2) is 23.0 Å². The van der Waals surface area contributed by atoms with Crippen LogP contribution >= 0.6 is 11.3 Å². The normalized spacial score (nSPS) is 16.0. The third-order valence-corrected chi connectivity index (χ3v) is 6.84. The number of amides is 1. The Hall–Kier alpha value is -2.14. The van der Waals surface area contributed by atoms with E-state index in [0.29, 0.717) is 17.9 Å². The highest BCUT2D eigenvalue weighted by atomic mass is 32.1. The second-order valence-electron chi connectivity index (χ2n) is 8.02. The van der Waals surface area contributed by atoms with Crippen molar-refractivity contribution in [3.8, 4) is 0 Å². The molecule has 150 valence electrons. The highest BCUT2D eigenvalue weighted by Crippen LogP contribution is 2.36. The van der Waals surface area contributed by atoms with Crippen molar-refractivity contribution >= 4 is 23.2 Å². The smallest absolute Gasteiger partial charge is 0.326 e. The molecule has 2 aromatic rings. The molecular weight excluding hydrogens is 370 g/mol. The predicted octanol–water partition coefficient (Wildman–Crippen LogP) is 5.15. The molecular formula is C23H29NO3S. The van der Waals surface area contributed by atoms with Crippen molar-refractivity contribution < 1.29 is 14.7 Å². The van der Waals surface area contributed by atoms with Crippen LogP contribution in [0.2, 0.25) is 0 Å². The van der Waals surface area contributed by atoms with Crippen LogP contribution in [0, 0.1) is 20.8 Å². The molecule has 5 heteroatoms. The van der Waals surface area contributed by atoms with Gasteiger partial charge in [-0.05, 0) is 62.3 Å². The Kier molecular flexibility index (Phi) is 6.55. The van der Waals surface area contributed by atoms with Gasteiger partial charge in [0.25, 0.3) is 5.91 Å². The maximum absolute atomic E-state index is 12.7. The van der Waals surface area contributed by atoms with Gasteiger partial charge in [-0.2, -0.15) is 0 Å². The lowest BCUT2D eigenvalue weighted by Crippen LogP contribution is -2.42. The summed E-state index contributed by atoms with van der Waals surface area (Å²) in [5.41, 5.74) is 4.85. The Bertz CT molecular complexity index is 841. The van der Waals surface area contributed by atoms with Crippen LogP contribution in [0.3, 0.4) is 0 Å². The van der Waals surface area contributed by atoms with Crippen LogP contribution < -0.4 is 5.32 Å². The second-order valence-corrected chi connectivity index (χ2v) is 8.96. The molecule has 28 heavy (non-hydrogen) atoms. The lowest BCUT2D eigenvalue weighted by Gasteiger charge is -2.20. The van der Waals surface area contributed by atoms with Crippen LogP contribution in [0.1, 0.15) is 75.5 Å². The van der Waals surface area contributed by atoms with Gasteiger partial charge in [0.05, 0.1) is 5.56 Å². The lowest BCUT2D eigenvalue weighted by molar-refractivity contribution is -0.139. The molecule has 2 N–H and O–H groups in total. The summed E-state index contributed by atoms with van der Waals surface area (Å²) in [7, 11) is 0. The zero-order valence-electron chi connectivity index (χ0n) is 16.9. The van der Waals surface area contributed by atoms with E-state index in [-0.39, 0.29) is 5.91 Å². The summed E-state index contributed by atoms with van der Waals surface area (Å²) in [6.45, 7) is 6.01. The summed E-state index contributed by atoms with van der Waals surface area (Å²) in [6.07, 6.45) is 6.46. The van der Waals surface area contributed by atoms with Gasteiger partial charge in [-0.25, -0.2) is 4.79 Å². The number of nitrogens with one attached hydrogen (secondary N) is 1. The van der Waals surface area contributed by atoms with E-state index in [2.05, 4.69) is 17.4 Å². The van der Waals surface area contributed by atoms with E-state index in [1.807, 2.05) is 32.2 Å². The van der Waals surface area contributed by atoms with E-state index in [9.17, 15) is 14.7 Å². The molecule has 1 atom stereocenters. The molecule has 0 saturated heterocycles. The van der Waals surface area contributed by atoms with Crippen LogP contribution in [-0.2, 0) is 11.2 Å². The first-order chi connectivity index (χ1) is 13.3. The molecule has 4 nitrogen and oxygen atoms in total. The van der Waals surface area contributed by atoms with Crippen LogP contribution in [0.4, 0.5) is 0 Å². The molecule has 0 spiro atoms. The van der Waals surface area contributed by atoms with E-state index in [1.54, 1.807) is 11.3 Å². The molecule has 0 radical (unpaired) electrons. The molecule has 3 rings (SSSR count). The number of carboxylic acids is 1. The Balaban J connectivity index is 1.71. The summed E-state index contributed by atoms with van der Waals surface area (Å²) in [5, 5.41) is 14.3. The molecule has 1 aliphatic rings. The van der Waals surface area contributed by atoms with Crippen molar-refractivity contribution in [2.75, 3.05) is 0 Å². The van der Waals surface area contributed by atoms with Gasteiger partial charge >= 0.3 is 5.97 Å². The number of carbonyl (C=O) groups is 2. The summed E-state index contributed by atoms with van der Waals surface area (Å²) >= 11 is 1.62. The van der Waals surface area contributed by atoms with Crippen molar-refractivity contribution in [3.05, 3.63) is 56.3 Å². The quantitative estimate of drug-likeness (QED) is 0.706. The monoisotopic (exact) mass is 399 g/mol. The topological polar surface area (TPSA) is 66.4 Å². The van der Waals surface area contributed by atoms with Gasteiger partial charge < -0.3 is 10.4 Å². The fourth-order valence-electron chi connectivity index (χ4n) is 4.25. The van der Waals surface area contributed by atoms with Gasteiger partial charge in [0.2, 0.25) is 0 Å². The van der Waals surface area contributed by atoms with E-state index in [0.717, 1.165) is 22.3 Å². The lowest BCUT2D eigenvalue weighted by atomic mass is 9.88. The number of hydrogen-bond acceptors (Lipinski definition) is 3. The molecule has 1 saturated carbocycles. The number of rotatable bonds is 6. The Morgan fingerprint density at radius 3 is 2.36 bits per heavy atom. The number of carbonyl (C=O) groups excluding carboxylic acids is 1. The second kappa shape index (κ2) is 8.91. The van der Waals surface area contributed by atoms with Gasteiger partial charge in [-0.3, -0.25) is 4.79 Å². The van der Waals surface area contributed by atoms with Crippen molar-refractivity contribution in [1.82, 2.24) is 5.32 Å². The average molecular weight is 400 g/mol. The van der Waals surface area contributed by atoms with Gasteiger partial charge in [-0.15, -0.1) is 11.3 Å². The summed E-state index contributed by atoms with van der Waals surface area (Å²) < 4.78 is 0. The largest absolute Gasteiger partial charge is 0.480 e. The van der Waals surface area contributed by atoms with E-state index >= 15 is 0 Å². The van der Waals surface area contributed by atoms with Crippen molar-refractivity contribution in [2.45, 2.75) is 71.3 Å². The molecule has 0 bridgehead atoms. The number of carboxylic acid groups (broad SMARTS) is 1. The molecule has 1 unspecified atom stereocenters. The fraction of sp³-hybridized carbons (Fsp3) is 0.478. The van der Waals surface area contributed by atoms with Crippen molar-refractivity contribution in [3.63, 3.8) is 0 Å². The Morgan fingerprint density at radius 1 is 1.11 bits per heavy atom. The Morgan fingerprint density at radius 2 is 1.75 bits per heavy atom. The first-order valence-corrected chi connectivity index (χ1v) is 10.9. The number of aliphatic carboxylic acids is 1. The van der Waals surface area contributed by atoms with Crippen LogP contribution in [0.25, 0.3) is 0 Å². The van der Waals surface area contributed by atoms with Crippen molar-refractivity contribution in [2.24, 2.45) is 0 Å². The zero-order chi connectivity index (χ0) is 20.3. The minimum Gasteiger partial charge on any atom is -0.480 e. The number of benzene rings is 1. The SMILES string of the molecule is Cc1cc(C)c(CC(NC(=O)c2csc(C3CCCCC3)c2)C(=O)O)c(C)c1. The molecule has 0 aliphatic heterocycles. The molecule has 1 aromatic carbocycles. The predicted molar refractivity (Wildman–Crippen MR) is 113 cm³/mol. The highest BCUT2D eigenvalue weighted by molar-refractivity contribution is 7.10. The van der Waals surface area contributed by atoms with E-state index in [1.165, 1.54) is 37.0 Å². The van der Waals surface area contributed by atoms with Crippen LogP contribution in [0.5, 0.6) is 0 Å². The minimum absolute atomic E-state index is 0.290. The van der Waals surface area contributed by atoms with E-state index in [4.69, 9.17) is 0 Å². The molecule has 1 heterocycles. The first kappa shape index (κ1) is 20.6. The van der Waals surface area contributed by atoms with Crippen LogP contribution in [0.15, 0.2) is 23.6 Å². The maximum Gasteiger partial charge on any atom is 0.326 e. The maximum atomic E-state index is 12.7. The van der Waals surface area contributed by atoms with Gasteiger partial charge in [0.1, 0.15) is 6.04 Å². The average Bonchev–Trinajstić information content (AvgIpc) is 3.14. The third kappa shape index (κ3) is 4.82. The fourth-order valence-corrected chi connectivity index (χ4v) is 5.31. The molecule has 1 aliphatic carbocycles. The Labute approximate surface area is 171 Å². The highest BCUT2D eigenvalue weighted by Gasteiger charge is 2.24. The minimum atomic E-state index is -1.00. The molecule has 1 fully saturated rings. The number of aryl methyl sites for hydroxylation is 3. The van der Waals surface area contributed by atoms with E-state index < -0.39 is 12.0 Å². The summed E-state index contributed by atoms with van der Waals surface area (Å²) in [6, 6.07) is 5.12. The summed E-state index contributed by atoms with van der Waals surface area (Å²) in [5.74, 6) is -0.753. The van der Waals surface area contributed by atoms with Gasteiger partial charge in [0.15, 0.2) is 0 Å². The van der Waals surface area contributed by atoms with Gasteiger partial charge in [-0.1, -0.05) is 37.0 Å². The summed E-state index contributed by atoms with van der Waals surface area (Å²) in [4.78, 5) is 25.8. The molecule has 1 amide bonds. The molecule has 1 aromatic heterocycles. The standard InChI is InChI=1S/C23H29NO3S/c1-14-9-15(2)19(16(3)10-14)12-20(23(26)27)24-22(25)18-11-21(28-13-18)17-7-5-4-6-8-17/h9-11,13,17,20H,4-8,12H2,1-3H3,(H,24,25)(H,26,27). The van der Waals surface area contributed by atoms with Crippen molar-refractivity contribution in [1.29, 1.82) is 0 Å². The number of thiophene rings is 1.